The highest BCUT2D eigenvalue weighted by Crippen LogP contribution is 2.32. The molecule has 4 rings (SSSR count). The Morgan fingerprint density at radius 2 is 1.97 bits per heavy atom. The maximum atomic E-state index is 12.7. The topological polar surface area (TPSA) is 103 Å². The second-order valence-corrected chi connectivity index (χ2v) is 9.49. The number of amides is 1. The summed E-state index contributed by atoms with van der Waals surface area (Å²) in [5, 5.41) is 25.8. The number of aryl methyl sites for hydroxylation is 2. The molecule has 2 aromatic heterocycles. The predicted molar refractivity (Wildman–Crippen MR) is 132 cm³/mol. The Hall–Kier alpha value is -3.21. The SMILES string of the molecule is Cc1cc(C)c(NC(=O)CSc2nnc(-c3cccs3)n2-c2ccc(Cl)cc2)c([N+](=O)[O-])c1. The molecule has 0 fully saturated rings. The highest BCUT2D eigenvalue weighted by Gasteiger charge is 2.21. The first-order valence-electron chi connectivity index (χ1n) is 9.77. The molecule has 0 saturated carbocycles. The molecular formula is C22H18ClN5O3S2. The molecule has 168 valence electrons. The molecule has 0 saturated heterocycles. The second-order valence-electron chi connectivity index (χ2n) is 7.17. The lowest BCUT2D eigenvalue weighted by Crippen LogP contribution is -2.16. The molecule has 0 radical (unpaired) electrons. The summed E-state index contributed by atoms with van der Waals surface area (Å²) >= 11 is 8.77. The van der Waals surface area contributed by atoms with Gasteiger partial charge in [0.2, 0.25) is 5.91 Å². The van der Waals surface area contributed by atoms with Crippen molar-refractivity contribution in [2.75, 3.05) is 11.1 Å². The third-order valence-electron chi connectivity index (χ3n) is 4.71. The number of nitro benzene ring substituents is 1. The van der Waals surface area contributed by atoms with E-state index in [1.165, 1.54) is 29.2 Å². The number of nitrogens with one attached hydrogen (secondary N) is 1. The minimum absolute atomic E-state index is 0.000629. The molecule has 8 nitrogen and oxygen atoms in total. The average Bonchev–Trinajstić information content (AvgIpc) is 3.44. The van der Waals surface area contributed by atoms with E-state index in [1.54, 1.807) is 32.0 Å². The summed E-state index contributed by atoms with van der Waals surface area (Å²) in [6.07, 6.45) is 0. The fraction of sp³-hybridized carbons (Fsp3) is 0.136. The van der Waals surface area contributed by atoms with Crippen molar-refractivity contribution in [1.82, 2.24) is 14.8 Å². The van der Waals surface area contributed by atoms with E-state index in [9.17, 15) is 14.9 Å². The summed E-state index contributed by atoms with van der Waals surface area (Å²) in [5.74, 6) is 0.277. The average molecular weight is 500 g/mol. The van der Waals surface area contributed by atoms with Crippen LogP contribution in [-0.2, 0) is 4.79 Å². The number of hydrogen-bond donors (Lipinski definition) is 1. The van der Waals surface area contributed by atoms with E-state index >= 15 is 0 Å². The fourth-order valence-electron chi connectivity index (χ4n) is 3.31. The van der Waals surface area contributed by atoms with Gasteiger partial charge in [-0.05, 0) is 60.7 Å². The third kappa shape index (κ3) is 5.08. The molecule has 0 spiro atoms. The number of anilines is 1. The lowest BCUT2D eigenvalue weighted by Gasteiger charge is -2.11. The zero-order chi connectivity index (χ0) is 23.5. The lowest BCUT2D eigenvalue weighted by molar-refractivity contribution is -0.384. The van der Waals surface area contributed by atoms with Crippen LogP contribution in [0.2, 0.25) is 5.02 Å². The number of carbonyl (C=O) groups excluding carboxylic acids is 1. The lowest BCUT2D eigenvalue weighted by atomic mass is 10.1. The quantitative estimate of drug-likeness (QED) is 0.193. The Morgan fingerprint density at radius 1 is 1.21 bits per heavy atom. The number of thioether (sulfide) groups is 1. The van der Waals surface area contributed by atoms with E-state index in [0.717, 1.165) is 16.1 Å². The van der Waals surface area contributed by atoms with E-state index in [-0.39, 0.29) is 23.0 Å². The standard InChI is InChI=1S/C22H18ClN5O3S2/c1-13-10-14(2)20(17(11-13)28(30)31)24-19(29)12-33-22-26-25-21(18-4-3-9-32-18)27(22)16-7-5-15(23)6-8-16/h3-11H,12H2,1-2H3,(H,24,29). The van der Waals surface area contributed by atoms with Crippen molar-refractivity contribution in [3.63, 3.8) is 0 Å². The van der Waals surface area contributed by atoms with Gasteiger partial charge in [0.05, 0.1) is 15.6 Å². The molecule has 0 aliphatic rings. The summed E-state index contributed by atoms with van der Waals surface area (Å²) in [4.78, 5) is 24.6. The Kier molecular flexibility index (Phi) is 6.77. The monoisotopic (exact) mass is 499 g/mol. The molecule has 1 N–H and O–H groups in total. The largest absolute Gasteiger partial charge is 0.319 e. The van der Waals surface area contributed by atoms with Gasteiger partial charge >= 0.3 is 0 Å². The zero-order valence-corrected chi connectivity index (χ0v) is 20.0. The van der Waals surface area contributed by atoms with Crippen molar-refractivity contribution in [3.8, 4) is 16.4 Å². The van der Waals surface area contributed by atoms with Crippen molar-refractivity contribution < 1.29 is 9.72 Å². The zero-order valence-electron chi connectivity index (χ0n) is 17.6. The Balaban J connectivity index is 1.59. The maximum absolute atomic E-state index is 12.7. The van der Waals surface area contributed by atoms with Crippen molar-refractivity contribution in [2.45, 2.75) is 19.0 Å². The molecule has 0 atom stereocenters. The first kappa shape index (κ1) is 23.0. The summed E-state index contributed by atoms with van der Waals surface area (Å²) in [5.41, 5.74) is 2.26. The van der Waals surface area contributed by atoms with Gasteiger partial charge in [-0.25, -0.2) is 0 Å². The van der Waals surface area contributed by atoms with E-state index in [4.69, 9.17) is 11.6 Å². The number of hydrogen-bond acceptors (Lipinski definition) is 7. The molecule has 0 aliphatic heterocycles. The van der Waals surface area contributed by atoms with Gasteiger partial charge < -0.3 is 5.32 Å². The van der Waals surface area contributed by atoms with Gasteiger partial charge in [-0.1, -0.05) is 35.5 Å². The van der Waals surface area contributed by atoms with Crippen molar-refractivity contribution in [1.29, 1.82) is 0 Å². The van der Waals surface area contributed by atoms with Gasteiger partial charge in [0.25, 0.3) is 5.69 Å². The van der Waals surface area contributed by atoms with Crippen LogP contribution in [0.3, 0.4) is 0 Å². The van der Waals surface area contributed by atoms with Crippen molar-refractivity contribution in [2.24, 2.45) is 0 Å². The number of halogens is 1. The van der Waals surface area contributed by atoms with Gasteiger partial charge in [0, 0.05) is 16.8 Å². The van der Waals surface area contributed by atoms with Gasteiger partial charge in [0.1, 0.15) is 5.69 Å². The van der Waals surface area contributed by atoms with Gasteiger partial charge in [-0.2, -0.15) is 0 Å². The molecule has 0 unspecified atom stereocenters. The summed E-state index contributed by atoms with van der Waals surface area (Å²) in [6, 6.07) is 14.4. The minimum atomic E-state index is -0.493. The predicted octanol–water partition coefficient (Wildman–Crippen LogP) is 5.91. The number of nitrogens with zero attached hydrogens (tertiary/aromatic N) is 4. The fourth-order valence-corrected chi connectivity index (χ4v) is 4.89. The first-order chi connectivity index (χ1) is 15.8. The van der Waals surface area contributed by atoms with Crippen LogP contribution in [-0.4, -0.2) is 31.3 Å². The highest BCUT2D eigenvalue weighted by molar-refractivity contribution is 7.99. The van der Waals surface area contributed by atoms with Crippen LogP contribution in [0.5, 0.6) is 0 Å². The summed E-state index contributed by atoms with van der Waals surface area (Å²) in [6.45, 7) is 3.50. The van der Waals surface area contributed by atoms with E-state index in [0.29, 0.717) is 21.6 Å². The number of thiophene rings is 1. The van der Waals surface area contributed by atoms with Crippen molar-refractivity contribution >= 4 is 52.0 Å². The van der Waals surface area contributed by atoms with Gasteiger partial charge in [-0.3, -0.25) is 19.5 Å². The summed E-state index contributed by atoms with van der Waals surface area (Å²) < 4.78 is 1.86. The van der Waals surface area contributed by atoms with E-state index in [2.05, 4.69) is 15.5 Å². The van der Waals surface area contributed by atoms with Gasteiger partial charge in [-0.15, -0.1) is 21.5 Å². The number of nitro groups is 1. The second kappa shape index (κ2) is 9.74. The van der Waals surface area contributed by atoms with Crippen LogP contribution in [0.25, 0.3) is 16.4 Å². The first-order valence-corrected chi connectivity index (χ1v) is 12.0. The van der Waals surface area contributed by atoms with E-state index < -0.39 is 4.92 Å². The Bertz CT molecular complexity index is 1320. The minimum Gasteiger partial charge on any atom is -0.319 e. The molecule has 0 bridgehead atoms. The maximum Gasteiger partial charge on any atom is 0.293 e. The number of carbonyl (C=O) groups is 1. The van der Waals surface area contributed by atoms with Crippen LogP contribution in [0, 0.1) is 24.0 Å². The molecule has 33 heavy (non-hydrogen) atoms. The van der Waals surface area contributed by atoms with Gasteiger partial charge in [0.15, 0.2) is 11.0 Å². The van der Waals surface area contributed by atoms with Crippen LogP contribution in [0.4, 0.5) is 11.4 Å². The van der Waals surface area contributed by atoms with E-state index in [1.807, 2.05) is 34.2 Å². The smallest absolute Gasteiger partial charge is 0.293 e. The third-order valence-corrected chi connectivity index (χ3v) is 6.76. The van der Waals surface area contributed by atoms with Crippen LogP contribution in [0.15, 0.2) is 59.1 Å². The highest BCUT2D eigenvalue weighted by atomic mass is 35.5. The summed E-state index contributed by atoms with van der Waals surface area (Å²) in [7, 11) is 0. The van der Waals surface area contributed by atoms with Crippen LogP contribution < -0.4 is 5.32 Å². The number of benzene rings is 2. The molecule has 4 aromatic rings. The molecule has 1 amide bonds. The Morgan fingerprint density at radius 3 is 2.64 bits per heavy atom. The normalized spacial score (nSPS) is 10.9. The van der Waals surface area contributed by atoms with Crippen LogP contribution >= 0.6 is 34.7 Å². The molecule has 0 aliphatic carbocycles. The molecule has 2 aromatic carbocycles. The number of aromatic nitrogens is 3. The Labute approximate surface area is 202 Å². The molecular weight excluding hydrogens is 482 g/mol. The van der Waals surface area contributed by atoms with Crippen LogP contribution in [0.1, 0.15) is 11.1 Å². The number of rotatable bonds is 7. The van der Waals surface area contributed by atoms with Crippen molar-refractivity contribution in [3.05, 3.63) is 80.2 Å². The molecule has 2 heterocycles. The molecule has 11 heteroatoms.